The third-order valence-electron chi connectivity index (χ3n) is 2.69. The molecule has 0 spiro atoms. The molecule has 0 aliphatic rings. The van der Waals surface area contributed by atoms with Crippen LogP contribution in [0.4, 0.5) is 5.69 Å². The van der Waals surface area contributed by atoms with E-state index in [0.717, 1.165) is 4.47 Å². The van der Waals surface area contributed by atoms with Crippen LogP contribution in [-0.2, 0) is 7.05 Å². The molecule has 0 fully saturated rings. The van der Waals surface area contributed by atoms with E-state index < -0.39 is 5.91 Å². The van der Waals surface area contributed by atoms with Crippen molar-refractivity contribution in [2.24, 2.45) is 7.05 Å². The van der Waals surface area contributed by atoms with Gasteiger partial charge in [-0.3, -0.25) is 4.79 Å². The summed E-state index contributed by atoms with van der Waals surface area (Å²) in [6, 6.07) is 7.15. The second kappa shape index (κ2) is 4.81. The average molecular weight is 310 g/mol. The lowest BCUT2D eigenvalue weighted by Gasteiger charge is -2.05. The van der Waals surface area contributed by atoms with Crippen LogP contribution in [0.3, 0.4) is 0 Å². The molecule has 94 valence electrons. The van der Waals surface area contributed by atoms with Gasteiger partial charge >= 0.3 is 0 Å². The number of halogens is 1. The maximum Gasteiger partial charge on any atom is 0.300 e. The van der Waals surface area contributed by atoms with Gasteiger partial charge < -0.3 is 10.5 Å². The summed E-state index contributed by atoms with van der Waals surface area (Å²) in [7, 11) is 1.72. The van der Waals surface area contributed by atoms with Crippen LogP contribution in [0.5, 0.6) is 0 Å². The van der Waals surface area contributed by atoms with Crippen molar-refractivity contribution in [1.82, 2.24) is 4.57 Å². The number of aryl methyl sites for hydroxylation is 1. The summed E-state index contributed by atoms with van der Waals surface area (Å²) in [4.78, 5) is 12.0. The van der Waals surface area contributed by atoms with E-state index in [4.69, 9.17) is 0 Å². The van der Waals surface area contributed by atoms with E-state index in [0.29, 0.717) is 16.1 Å². The molecule has 0 aliphatic heterocycles. The highest BCUT2D eigenvalue weighted by atomic mass is 79.9. The molecule has 1 aromatic heterocycles. The number of amides is 1. The summed E-state index contributed by atoms with van der Waals surface area (Å²) in [5.74, 6) is -0.412. The Morgan fingerprint density at radius 3 is 2.50 bits per heavy atom. The molecule has 2 rings (SSSR count). The smallest absolute Gasteiger partial charge is 0.300 e. The van der Waals surface area contributed by atoms with Crippen LogP contribution in [0.25, 0.3) is 0 Å². The zero-order valence-corrected chi connectivity index (χ0v) is 11.6. The zero-order chi connectivity index (χ0) is 13.3. The van der Waals surface area contributed by atoms with Gasteiger partial charge in [-0.2, -0.15) is 0 Å². The number of anilines is 1. The normalized spacial score (nSPS) is 10.4. The molecule has 5 nitrogen and oxygen atoms in total. The molecule has 0 aliphatic carbocycles. The van der Waals surface area contributed by atoms with Crippen LogP contribution in [0.1, 0.15) is 16.2 Å². The van der Waals surface area contributed by atoms with Crippen LogP contribution in [-0.4, -0.2) is 10.5 Å². The molecule has 0 saturated heterocycles. The molecule has 6 heteroatoms. The molecule has 0 atom stereocenters. The first-order valence-electron chi connectivity index (χ1n) is 5.31. The van der Waals surface area contributed by atoms with E-state index in [1.165, 1.54) is 6.33 Å². The molecule has 1 N–H and O–H groups in total. The van der Waals surface area contributed by atoms with Crippen molar-refractivity contribution in [3.05, 3.63) is 51.7 Å². The van der Waals surface area contributed by atoms with Crippen molar-refractivity contribution in [1.29, 1.82) is 0 Å². The Balaban J connectivity index is 2.24. The fourth-order valence-electron chi connectivity index (χ4n) is 1.62. The number of imidazole rings is 1. The Kier molecular flexibility index (Phi) is 3.38. The van der Waals surface area contributed by atoms with E-state index in [1.54, 1.807) is 30.7 Å². The van der Waals surface area contributed by atoms with Crippen molar-refractivity contribution in [2.75, 3.05) is 5.32 Å². The molecule has 2 aromatic rings. The minimum atomic E-state index is -0.412. The van der Waals surface area contributed by atoms with Crippen molar-refractivity contribution < 1.29 is 9.52 Å². The van der Waals surface area contributed by atoms with E-state index in [2.05, 4.69) is 21.2 Å². The number of hydrogen-bond donors (Lipinski definition) is 1. The highest BCUT2D eigenvalue weighted by Crippen LogP contribution is 2.15. The second-order valence-corrected chi connectivity index (χ2v) is 4.86. The second-order valence-electron chi connectivity index (χ2n) is 3.95. The van der Waals surface area contributed by atoms with Crippen LogP contribution < -0.4 is 10.0 Å². The molecule has 0 unspecified atom stereocenters. The number of nitrogens with zero attached hydrogens (tertiary/aromatic N) is 2. The topological polar surface area (TPSA) is 61.0 Å². The van der Waals surface area contributed by atoms with Crippen molar-refractivity contribution >= 4 is 27.5 Å². The van der Waals surface area contributed by atoms with Gasteiger partial charge in [-0.05, 0) is 24.3 Å². The summed E-state index contributed by atoms with van der Waals surface area (Å²) in [5.41, 5.74) is 1.38. The predicted molar refractivity (Wildman–Crippen MR) is 71.2 cm³/mol. The molecule has 0 saturated carbocycles. The Bertz CT molecular complexity index is 590. The van der Waals surface area contributed by atoms with Gasteiger partial charge in [0.15, 0.2) is 5.69 Å². The number of carbonyl (C=O) groups is 1. The first-order valence-corrected chi connectivity index (χ1v) is 6.10. The molecule has 18 heavy (non-hydrogen) atoms. The quantitative estimate of drug-likeness (QED) is 0.681. The lowest BCUT2D eigenvalue weighted by molar-refractivity contribution is -0.607. The van der Waals surface area contributed by atoms with Gasteiger partial charge in [0.2, 0.25) is 12.0 Å². The monoisotopic (exact) mass is 309 g/mol. The molecule has 0 bridgehead atoms. The summed E-state index contributed by atoms with van der Waals surface area (Å²) in [6.45, 7) is 1.73. The van der Waals surface area contributed by atoms with Crippen molar-refractivity contribution in [2.45, 2.75) is 6.92 Å². The minimum absolute atomic E-state index is 0.111. The van der Waals surface area contributed by atoms with E-state index in [1.807, 2.05) is 12.1 Å². The van der Waals surface area contributed by atoms with E-state index in [-0.39, 0.29) is 5.69 Å². The number of hydrogen-bond acceptors (Lipinski definition) is 2. The predicted octanol–water partition coefficient (Wildman–Crippen LogP) is 1.98. The van der Waals surface area contributed by atoms with Crippen LogP contribution in [0, 0.1) is 12.1 Å². The van der Waals surface area contributed by atoms with Gasteiger partial charge in [0.25, 0.3) is 5.91 Å². The van der Waals surface area contributed by atoms with Crippen LogP contribution >= 0.6 is 15.9 Å². The summed E-state index contributed by atoms with van der Waals surface area (Å²) in [5, 5.41) is 14.3. The summed E-state index contributed by atoms with van der Waals surface area (Å²) < 4.78 is 3.11. The molecular formula is C12H12BrN3O2. The number of aromatic nitrogens is 2. The Morgan fingerprint density at radius 1 is 1.39 bits per heavy atom. The molecule has 1 heterocycles. The molecule has 1 amide bonds. The molecule has 0 radical (unpaired) electrons. The van der Waals surface area contributed by atoms with Gasteiger partial charge in [-0.25, -0.2) is 9.30 Å². The lowest BCUT2D eigenvalue weighted by atomic mass is 10.3. The highest BCUT2D eigenvalue weighted by molar-refractivity contribution is 9.10. The zero-order valence-electron chi connectivity index (χ0n) is 9.98. The van der Waals surface area contributed by atoms with Gasteiger partial charge in [0, 0.05) is 17.1 Å². The number of carbonyl (C=O) groups excluding carboxylic acids is 1. The summed E-state index contributed by atoms with van der Waals surface area (Å²) in [6.07, 6.45) is 1.33. The fourth-order valence-corrected chi connectivity index (χ4v) is 1.88. The Hall–Kier alpha value is -1.82. The standard InChI is InChI=1S/C12H12BrN3O2/c1-8-11(16(18)7-15(8)2)12(17)14-10-5-3-9(13)4-6-10/h3-7H,1-2H3,(H,14,17). The maximum atomic E-state index is 12.0. The van der Waals surface area contributed by atoms with Crippen LogP contribution in [0.15, 0.2) is 35.1 Å². The van der Waals surface area contributed by atoms with Gasteiger partial charge in [-0.1, -0.05) is 15.9 Å². The summed E-state index contributed by atoms with van der Waals surface area (Å²) >= 11 is 3.31. The maximum absolute atomic E-state index is 12.0. The van der Waals surface area contributed by atoms with E-state index in [9.17, 15) is 10.0 Å². The SMILES string of the molecule is Cc1c(C(=O)Nc2ccc(Br)cc2)[n+]([O-])cn1C. The van der Waals surface area contributed by atoms with Gasteiger partial charge in [-0.15, -0.1) is 0 Å². The van der Waals surface area contributed by atoms with Gasteiger partial charge in [0.05, 0.1) is 7.05 Å². The van der Waals surface area contributed by atoms with Crippen molar-refractivity contribution in [3.63, 3.8) is 0 Å². The largest absolute Gasteiger partial charge is 0.710 e. The lowest BCUT2D eigenvalue weighted by Crippen LogP contribution is -2.34. The third kappa shape index (κ3) is 2.38. The number of rotatable bonds is 2. The minimum Gasteiger partial charge on any atom is -0.710 e. The van der Waals surface area contributed by atoms with Crippen molar-refractivity contribution in [3.8, 4) is 0 Å². The fraction of sp³-hybridized carbons (Fsp3) is 0.167. The number of nitrogens with one attached hydrogen (secondary N) is 1. The first-order chi connectivity index (χ1) is 8.49. The average Bonchev–Trinajstić information content (AvgIpc) is 2.56. The molecular weight excluding hydrogens is 298 g/mol. The van der Waals surface area contributed by atoms with Crippen LogP contribution in [0.2, 0.25) is 0 Å². The Morgan fingerprint density at radius 2 is 2.00 bits per heavy atom. The highest BCUT2D eigenvalue weighted by Gasteiger charge is 2.21. The Labute approximate surface area is 113 Å². The van der Waals surface area contributed by atoms with E-state index >= 15 is 0 Å². The third-order valence-corrected chi connectivity index (χ3v) is 3.22. The first kappa shape index (κ1) is 12.6. The number of benzene rings is 1. The van der Waals surface area contributed by atoms with Gasteiger partial charge in [0.1, 0.15) is 0 Å². The molecule has 1 aromatic carbocycles.